The number of anilines is 3. The third-order valence-corrected chi connectivity index (χ3v) is 10.7. The van der Waals surface area contributed by atoms with Crippen molar-refractivity contribution in [2.24, 2.45) is 7.05 Å². The van der Waals surface area contributed by atoms with Gasteiger partial charge in [0.15, 0.2) is 5.82 Å². The van der Waals surface area contributed by atoms with E-state index in [1.807, 2.05) is 37.3 Å². The largest absolute Gasteiger partial charge is 0.336 e. The molecule has 1 fully saturated rings. The summed E-state index contributed by atoms with van der Waals surface area (Å²) in [6.07, 6.45) is 7.52. The number of carbonyl (C=O) groups excluding carboxylic acids is 1. The van der Waals surface area contributed by atoms with Crippen molar-refractivity contribution in [2.45, 2.75) is 58.9 Å². The number of thiophene rings is 1. The lowest BCUT2D eigenvalue weighted by Gasteiger charge is -2.37. The van der Waals surface area contributed by atoms with Gasteiger partial charge in [-0.3, -0.25) is 14.5 Å². The summed E-state index contributed by atoms with van der Waals surface area (Å²) in [5, 5.41) is 6.40. The van der Waals surface area contributed by atoms with Crippen molar-refractivity contribution >= 4 is 34.4 Å². The molecule has 236 valence electrons. The van der Waals surface area contributed by atoms with Crippen LogP contribution in [0.5, 0.6) is 0 Å². The van der Waals surface area contributed by atoms with Crippen molar-refractivity contribution in [3.05, 3.63) is 91.5 Å². The number of hydrogen-bond donors (Lipinski definition) is 2. The number of hydrogen-bond acceptors (Lipinski definition) is 7. The van der Waals surface area contributed by atoms with Gasteiger partial charge < -0.3 is 20.1 Å². The third kappa shape index (κ3) is 6.90. The van der Waals surface area contributed by atoms with Gasteiger partial charge in [0.25, 0.3) is 11.5 Å². The summed E-state index contributed by atoms with van der Waals surface area (Å²) in [5.41, 5.74) is 6.37. The van der Waals surface area contributed by atoms with Crippen LogP contribution in [0.4, 0.5) is 17.2 Å². The monoisotopic (exact) mass is 624 g/mol. The van der Waals surface area contributed by atoms with Gasteiger partial charge in [0, 0.05) is 67.3 Å². The minimum absolute atomic E-state index is 0.0786. The number of aryl methyl sites for hydroxylation is 3. The zero-order valence-electron chi connectivity index (χ0n) is 26.9. The quantitative estimate of drug-likeness (QED) is 0.210. The van der Waals surface area contributed by atoms with Gasteiger partial charge in [-0.2, -0.15) is 0 Å². The summed E-state index contributed by atoms with van der Waals surface area (Å²) in [5.74, 6) is 0.186. The van der Waals surface area contributed by atoms with Gasteiger partial charge in [0.05, 0.1) is 10.6 Å². The summed E-state index contributed by atoms with van der Waals surface area (Å²) in [4.78, 5) is 38.3. The van der Waals surface area contributed by atoms with E-state index < -0.39 is 0 Å². The van der Waals surface area contributed by atoms with Gasteiger partial charge in [0.1, 0.15) is 0 Å². The van der Waals surface area contributed by atoms with Gasteiger partial charge >= 0.3 is 0 Å². The smallest absolute Gasteiger partial charge is 0.293 e. The molecule has 45 heavy (non-hydrogen) atoms. The Morgan fingerprint density at radius 2 is 1.78 bits per heavy atom. The number of nitrogens with zero attached hydrogens (tertiary/aromatic N) is 4. The number of rotatable bonds is 8. The van der Waals surface area contributed by atoms with Gasteiger partial charge in [-0.25, -0.2) is 4.98 Å². The highest BCUT2D eigenvalue weighted by atomic mass is 32.1. The SMILES string of the molecule is CCN1CCN(C(C)c2ccc(Nc3nc(-c4cccc(NC(=O)c5cc6c(s5)CCCCC6)c4C)cn(C)c3=O)cc2)CC1. The molecule has 9 heteroatoms. The first kappa shape index (κ1) is 31.2. The molecule has 1 atom stereocenters. The summed E-state index contributed by atoms with van der Waals surface area (Å²) in [6.45, 7) is 11.9. The lowest BCUT2D eigenvalue weighted by molar-refractivity contribution is 0.103. The Morgan fingerprint density at radius 1 is 1.02 bits per heavy atom. The summed E-state index contributed by atoms with van der Waals surface area (Å²) >= 11 is 1.62. The maximum absolute atomic E-state index is 13.3. The number of fused-ring (bicyclic) bond motifs is 1. The second-order valence-electron chi connectivity index (χ2n) is 12.3. The second kappa shape index (κ2) is 13.7. The van der Waals surface area contributed by atoms with Crippen LogP contribution in [0.3, 0.4) is 0 Å². The molecule has 0 spiro atoms. The standard InChI is InChI=1S/C36H44N6O2S/c1-5-41-18-20-42(21-19-41)25(3)26-14-16-28(17-15-26)37-34-36(44)40(4)23-31(38-34)29-11-9-12-30(24(29)2)39-35(43)33-22-27-10-7-6-8-13-32(27)45-33/h9,11-12,14-17,22-23,25H,5-8,10,13,18-21H2,1-4H3,(H,37,38)(H,39,43). The number of carbonyl (C=O) groups is 1. The first-order chi connectivity index (χ1) is 21.8. The van der Waals surface area contributed by atoms with Crippen LogP contribution < -0.4 is 16.2 Å². The Morgan fingerprint density at radius 3 is 2.53 bits per heavy atom. The molecule has 1 aliphatic carbocycles. The second-order valence-corrected chi connectivity index (χ2v) is 13.5. The molecule has 6 rings (SSSR count). The summed E-state index contributed by atoms with van der Waals surface area (Å²) < 4.78 is 1.56. The van der Waals surface area contributed by atoms with E-state index in [-0.39, 0.29) is 17.3 Å². The molecule has 1 unspecified atom stereocenters. The number of nitrogens with one attached hydrogen (secondary N) is 2. The molecule has 0 bridgehead atoms. The maximum atomic E-state index is 13.3. The Balaban J connectivity index is 1.18. The Hall–Kier alpha value is -3.79. The minimum Gasteiger partial charge on any atom is -0.336 e. The number of benzene rings is 2. The van der Waals surface area contributed by atoms with Crippen LogP contribution >= 0.6 is 11.3 Å². The van der Waals surface area contributed by atoms with Crippen LogP contribution in [0.2, 0.25) is 0 Å². The van der Waals surface area contributed by atoms with Crippen molar-refractivity contribution in [1.29, 1.82) is 0 Å². The van der Waals surface area contributed by atoms with Crippen LogP contribution in [0.1, 0.15) is 70.4 Å². The van der Waals surface area contributed by atoms with E-state index in [0.29, 0.717) is 11.7 Å². The molecular weight excluding hydrogens is 581 g/mol. The number of piperazine rings is 1. The molecule has 4 aromatic rings. The van der Waals surface area contributed by atoms with E-state index in [0.717, 1.165) is 72.9 Å². The Kier molecular flexibility index (Phi) is 9.49. The fourth-order valence-corrected chi connectivity index (χ4v) is 7.64. The van der Waals surface area contributed by atoms with Gasteiger partial charge in [-0.1, -0.05) is 37.6 Å². The topological polar surface area (TPSA) is 82.5 Å². The first-order valence-corrected chi connectivity index (χ1v) is 17.1. The van der Waals surface area contributed by atoms with E-state index in [1.54, 1.807) is 29.1 Å². The molecule has 1 saturated heterocycles. The van der Waals surface area contributed by atoms with Crippen LogP contribution in [0.25, 0.3) is 11.3 Å². The summed E-state index contributed by atoms with van der Waals surface area (Å²) in [7, 11) is 1.74. The highest BCUT2D eigenvalue weighted by Gasteiger charge is 2.22. The molecule has 3 heterocycles. The molecule has 0 saturated carbocycles. The molecule has 8 nitrogen and oxygen atoms in total. The van der Waals surface area contributed by atoms with Crippen LogP contribution in [-0.4, -0.2) is 58.0 Å². The van der Waals surface area contributed by atoms with E-state index >= 15 is 0 Å². The first-order valence-electron chi connectivity index (χ1n) is 16.2. The average Bonchev–Trinajstić information content (AvgIpc) is 3.34. The van der Waals surface area contributed by atoms with Crippen molar-refractivity contribution in [3.8, 4) is 11.3 Å². The highest BCUT2D eigenvalue weighted by Crippen LogP contribution is 2.32. The zero-order valence-corrected chi connectivity index (χ0v) is 27.7. The van der Waals surface area contributed by atoms with E-state index in [9.17, 15) is 9.59 Å². The normalized spacial score (nSPS) is 16.5. The summed E-state index contributed by atoms with van der Waals surface area (Å²) in [6, 6.07) is 16.5. The third-order valence-electron chi connectivity index (χ3n) is 9.46. The van der Waals surface area contributed by atoms with Crippen LogP contribution in [0.15, 0.2) is 59.5 Å². The van der Waals surface area contributed by atoms with Crippen LogP contribution in [0, 0.1) is 6.92 Å². The molecule has 2 aliphatic rings. The van der Waals surface area contributed by atoms with Gasteiger partial charge in [0.2, 0.25) is 0 Å². The minimum atomic E-state index is -0.204. The van der Waals surface area contributed by atoms with Gasteiger partial charge in [-0.05, 0) is 87.0 Å². The number of amides is 1. The average molecular weight is 625 g/mol. The molecule has 0 radical (unpaired) electrons. The van der Waals surface area contributed by atoms with Crippen molar-refractivity contribution in [3.63, 3.8) is 0 Å². The predicted molar refractivity (Wildman–Crippen MR) is 185 cm³/mol. The van der Waals surface area contributed by atoms with Crippen LogP contribution in [-0.2, 0) is 19.9 Å². The van der Waals surface area contributed by atoms with Crippen molar-refractivity contribution in [2.75, 3.05) is 43.4 Å². The van der Waals surface area contributed by atoms with Gasteiger partial charge in [-0.15, -0.1) is 11.3 Å². The molecule has 2 aromatic carbocycles. The zero-order chi connectivity index (χ0) is 31.5. The van der Waals surface area contributed by atoms with E-state index in [4.69, 9.17) is 4.98 Å². The number of aromatic nitrogens is 2. The fraction of sp³-hybridized carbons (Fsp3) is 0.417. The molecule has 2 aromatic heterocycles. The Labute approximate surface area is 270 Å². The molecule has 1 amide bonds. The highest BCUT2D eigenvalue weighted by molar-refractivity contribution is 7.14. The molecule has 1 aliphatic heterocycles. The van der Waals surface area contributed by atoms with E-state index in [2.05, 4.69) is 52.5 Å². The maximum Gasteiger partial charge on any atom is 0.293 e. The Bertz CT molecular complexity index is 1700. The lowest BCUT2D eigenvalue weighted by atomic mass is 10.0. The lowest BCUT2D eigenvalue weighted by Crippen LogP contribution is -2.46. The predicted octanol–water partition coefficient (Wildman–Crippen LogP) is 6.78. The van der Waals surface area contributed by atoms with Crippen molar-refractivity contribution < 1.29 is 4.79 Å². The van der Waals surface area contributed by atoms with Crippen molar-refractivity contribution in [1.82, 2.24) is 19.4 Å². The van der Waals surface area contributed by atoms with E-state index in [1.165, 1.54) is 35.3 Å². The number of likely N-dealkylation sites (N-methyl/N-ethyl adjacent to an activating group) is 1. The fourth-order valence-electron chi connectivity index (χ4n) is 6.49. The molecule has 2 N–H and O–H groups in total. The molecular formula is C36H44N6O2S.